The fourth-order valence-corrected chi connectivity index (χ4v) is 4.41. The van der Waals surface area contributed by atoms with Gasteiger partial charge in [-0.05, 0) is 45.4 Å². The molecule has 0 saturated heterocycles. The van der Waals surface area contributed by atoms with Crippen LogP contribution in [0.2, 0.25) is 0 Å². The van der Waals surface area contributed by atoms with Crippen molar-refractivity contribution in [2.45, 2.75) is 52.0 Å². The highest BCUT2D eigenvalue weighted by atomic mass is 19.4. The first-order valence-corrected chi connectivity index (χ1v) is 11.5. The smallest absolute Gasteiger partial charge is 0.394 e. The van der Waals surface area contributed by atoms with Crippen molar-refractivity contribution in [2.24, 2.45) is 0 Å². The average Bonchev–Trinajstić information content (AvgIpc) is 3.35. The number of aliphatic hydroxyl groups is 1. The Balaban J connectivity index is 1.72. The molecule has 1 aliphatic rings. The summed E-state index contributed by atoms with van der Waals surface area (Å²) in [6.07, 6.45) is 0.969. The predicted octanol–water partition coefficient (Wildman–Crippen LogP) is 3.56. The molecule has 0 spiro atoms. The van der Waals surface area contributed by atoms with Crippen LogP contribution in [-0.4, -0.2) is 67.4 Å². The van der Waals surface area contributed by atoms with E-state index in [1.807, 2.05) is 0 Å². The van der Waals surface area contributed by atoms with Gasteiger partial charge in [-0.1, -0.05) is 0 Å². The number of carbonyl (C=O) groups is 2. The van der Waals surface area contributed by atoms with Crippen molar-refractivity contribution in [2.75, 3.05) is 18.6 Å². The van der Waals surface area contributed by atoms with Gasteiger partial charge in [0.15, 0.2) is 0 Å². The number of anilines is 1. The van der Waals surface area contributed by atoms with Crippen LogP contribution in [0.4, 0.5) is 18.9 Å². The second-order valence-electron chi connectivity index (χ2n) is 9.67. The van der Waals surface area contributed by atoms with Crippen LogP contribution in [0.15, 0.2) is 36.9 Å². The number of hydrogen-bond donors (Lipinski definition) is 1. The summed E-state index contributed by atoms with van der Waals surface area (Å²) in [5, 5.41) is 13.2. The molecule has 37 heavy (non-hydrogen) atoms. The molecule has 0 saturated carbocycles. The predicted molar refractivity (Wildman–Crippen MR) is 129 cm³/mol. The van der Waals surface area contributed by atoms with Gasteiger partial charge in [0.25, 0.3) is 11.8 Å². The summed E-state index contributed by atoms with van der Waals surface area (Å²) in [6, 6.07) is 2.98. The Kier molecular flexibility index (Phi) is 6.57. The summed E-state index contributed by atoms with van der Waals surface area (Å²) in [4.78, 5) is 38.0. The van der Waals surface area contributed by atoms with Gasteiger partial charge >= 0.3 is 6.18 Å². The van der Waals surface area contributed by atoms with E-state index in [1.165, 1.54) is 28.4 Å². The maximum atomic E-state index is 13.4. The molecule has 3 aromatic heterocycles. The van der Waals surface area contributed by atoms with Crippen molar-refractivity contribution in [3.05, 3.63) is 59.3 Å². The minimum atomic E-state index is -4.45. The van der Waals surface area contributed by atoms with Crippen LogP contribution in [0, 0.1) is 6.92 Å². The molecule has 0 fully saturated rings. The lowest BCUT2D eigenvalue weighted by Gasteiger charge is -2.30. The van der Waals surface area contributed by atoms with Gasteiger partial charge in [-0.3, -0.25) is 24.2 Å². The Labute approximate surface area is 211 Å². The van der Waals surface area contributed by atoms with Crippen LogP contribution in [0.25, 0.3) is 11.3 Å². The van der Waals surface area contributed by atoms with Crippen molar-refractivity contribution in [3.63, 3.8) is 0 Å². The molecule has 1 atom stereocenters. The molecule has 1 unspecified atom stereocenters. The molecule has 0 aromatic carbocycles. The van der Waals surface area contributed by atoms with Gasteiger partial charge in [0, 0.05) is 31.2 Å². The fraction of sp³-hybridized carbons (Fsp3) is 0.400. The highest BCUT2D eigenvalue weighted by molar-refractivity contribution is 6.12. The number of aromatic nitrogens is 4. The summed E-state index contributed by atoms with van der Waals surface area (Å²) in [7, 11) is 1.59. The number of aliphatic hydroxyl groups excluding tert-OH is 1. The second kappa shape index (κ2) is 9.25. The van der Waals surface area contributed by atoms with E-state index in [4.69, 9.17) is 4.98 Å². The summed E-state index contributed by atoms with van der Waals surface area (Å²) < 4.78 is 39.2. The maximum absolute atomic E-state index is 13.4. The van der Waals surface area contributed by atoms with Crippen LogP contribution in [0.1, 0.15) is 52.7 Å². The number of pyridine rings is 2. The molecule has 3 aromatic rings. The van der Waals surface area contributed by atoms with Gasteiger partial charge in [-0.25, -0.2) is 4.98 Å². The largest absolute Gasteiger partial charge is 0.408 e. The standard InChI is InChI=1S/C25H27F3N6O3/c1-14-6-19(16-7-17(9-29-8-16)22(36)32(5)15(2)12-35)31-21-20(14)23(37)34(24(21,3)4)18-10-30-33(11-18)13-25(26,27)28/h6-11,15,35H,12-13H2,1-5H3. The maximum Gasteiger partial charge on any atom is 0.408 e. The number of aryl methyl sites for hydroxylation is 1. The Hall–Kier alpha value is -3.80. The zero-order valence-electron chi connectivity index (χ0n) is 21.0. The van der Waals surface area contributed by atoms with Crippen LogP contribution < -0.4 is 4.90 Å². The SMILES string of the molecule is Cc1cc(-c2cncc(C(=O)N(C)C(C)CO)c2)nc2c1C(=O)N(c1cnn(CC(F)(F)F)c1)C2(C)C. The number of halogens is 3. The fourth-order valence-electron chi connectivity index (χ4n) is 4.41. The molecule has 0 aliphatic carbocycles. The lowest BCUT2D eigenvalue weighted by atomic mass is 9.96. The number of fused-ring (bicyclic) bond motifs is 1. The van der Waals surface area contributed by atoms with E-state index < -0.39 is 18.3 Å². The number of hydrogen-bond acceptors (Lipinski definition) is 6. The van der Waals surface area contributed by atoms with Crippen molar-refractivity contribution >= 4 is 17.5 Å². The molecule has 1 aliphatic heterocycles. The summed E-state index contributed by atoms with van der Waals surface area (Å²) in [5.41, 5.74) is 2.06. The van der Waals surface area contributed by atoms with Gasteiger partial charge in [0.2, 0.25) is 0 Å². The summed E-state index contributed by atoms with van der Waals surface area (Å²) in [5.74, 6) is -0.698. The third-order valence-corrected chi connectivity index (χ3v) is 6.52. The van der Waals surface area contributed by atoms with E-state index >= 15 is 0 Å². The molecule has 12 heteroatoms. The number of carbonyl (C=O) groups excluding carboxylic acids is 2. The Morgan fingerprint density at radius 2 is 1.92 bits per heavy atom. The van der Waals surface area contributed by atoms with Crippen LogP contribution in [0.5, 0.6) is 0 Å². The highest BCUT2D eigenvalue weighted by Gasteiger charge is 2.47. The third-order valence-electron chi connectivity index (χ3n) is 6.52. The first-order chi connectivity index (χ1) is 17.2. The van der Waals surface area contributed by atoms with Crippen molar-refractivity contribution in [3.8, 4) is 11.3 Å². The zero-order valence-corrected chi connectivity index (χ0v) is 21.0. The lowest BCUT2D eigenvalue weighted by molar-refractivity contribution is -0.142. The molecular formula is C25H27F3N6O3. The zero-order chi connectivity index (χ0) is 27.3. The Morgan fingerprint density at radius 1 is 1.22 bits per heavy atom. The van der Waals surface area contributed by atoms with Crippen molar-refractivity contribution in [1.82, 2.24) is 24.6 Å². The van der Waals surface area contributed by atoms with Crippen LogP contribution in [0.3, 0.4) is 0 Å². The lowest BCUT2D eigenvalue weighted by Crippen LogP contribution is -2.39. The molecule has 0 radical (unpaired) electrons. The second-order valence-corrected chi connectivity index (χ2v) is 9.67. The minimum absolute atomic E-state index is 0.185. The van der Waals surface area contributed by atoms with Crippen LogP contribution in [-0.2, 0) is 12.1 Å². The monoisotopic (exact) mass is 516 g/mol. The normalized spacial score (nSPS) is 15.6. The topological polar surface area (TPSA) is 104 Å². The molecule has 4 rings (SSSR count). The van der Waals surface area contributed by atoms with Crippen molar-refractivity contribution in [1.29, 1.82) is 0 Å². The van der Waals surface area contributed by atoms with Crippen molar-refractivity contribution < 1.29 is 27.9 Å². The first-order valence-electron chi connectivity index (χ1n) is 11.5. The van der Waals surface area contributed by atoms with Gasteiger partial charge in [0.05, 0.1) is 52.6 Å². The molecule has 2 amide bonds. The number of alkyl halides is 3. The highest BCUT2D eigenvalue weighted by Crippen LogP contribution is 2.43. The van der Waals surface area contributed by atoms with E-state index in [-0.39, 0.29) is 30.2 Å². The number of nitrogens with zero attached hydrogens (tertiary/aromatic N) is 6. The molecule has 196 valence electrons. The quantitative estimate of drug-likeness (QED) is 0.537. The van der Waals surface area contributed by atoms with E-state index in [1.54, 1.807) is 53.1 Å². The average molecular weight is 517 g/mol. The van der Waals surface area contributed by atoms with Crippen LogP contribution >= 0.6 is 0 Å². The third kappa shape index (κ3) is 4.80. The molecule has 9 nitrogen and oxygen atoms in total. The van der Waals surface area contributed by atoms with Gasteiger partial charge in [-0.15, -0.1) is 0 Å². The molecular weight excluding hydrogens is 489 g/mol. The molecule has 1 N–H and O–H groups in total. The van der Waals surface area contributed by atoms with Gasteiger partial charge < -0.3 is 10.0 Å². The number of amides is 2. The summed E-state index contributed by atoms with van der Waals surface area (Å²) in [6.45, 7) is 5.55. The molecule has 0 bridgehead atoms. The van der Waals surface area contributed by atoms with E-state index in [2.05, 4.69) is 10.1 Å². The van der Waals surface area contributed by atoms with Gasteiger partial charge in [-0.2, -0.15) is 18.3 Å². The first kappa shape index (κ1) is 26.3. The Bertz CT molecular complexity index is 1370. The minimum Gasteiger partial charge on any atom is -0.394 e. The Morgan fingerprint density at radius 3 is 2.57 bits per heavy atom. The van der Waals surface area contributed by atoms with E-state index in [0.717, 1.165) is 4.68 Å². The number of likely N-dealkylation sites (N-methyl/N-ethyl adjacent to an activating group) is 1. The molecule has 4 heterocycles. The van der Waals surface area contributed by atoms with E-state index in [9.17, 15) is 27.9 Å². The summed E-state index contributed by atoms with van der Waals surface area (Å²) >= 11 is 0. The van der Waals surface area contributed by atoms with Gasteiger partial charge in [0.1, 0.15) is 6.54 Å². The number of rotatable bonds is 6. The van der Waals surface area contributed by atoms with E-state index in [0.29, 0.717) is 33.6 Å².